The average Bonchev–Trinajstić information content (AvgIpc) is 2.57. The molecule has 0 spiro atoms. The molecular weight excluding hydrogens is 324 g/mol. The summed E-state index contributed by atoms with van der Waals surface area (Å²) in [4.78, 5) is 17.6. The third-order valence-corrected chi connectivity index (χ3v) is 3.82. The molecule has 0 saturated carbocycles. The van der Waals surface area contributed by atoms with Crippen LogP contribution in [0.2, 0.25) is 5.02 Å². The van der Waals surface area contributed by atoms with E-state index in [1.165, 1.54) is 0 Å². The lowest BCUT2D eigenvalue weighted by Gasteiger charge is -2.12. The van der Waals surface area contributed by atoms with Crippen molar-refractivity contribution in [3.05, 3.63) is 41.2 Å². The van der Waals surface area contributed by atoms with Crippen LogP contribution in [0, 0.1) is 6.92 Å². The lowest BCUT2D eigenvalue weighted by Crippen LogP contribution is -2.08. The molecule has 0 atom stereocenters. The van der Waals surface area contributed by atoms with E-state index in [0.717, 1.165) is 30.6 Å². The van der Waals surface area contributed by atoms with Gasteiger partial charge in [0.25, 0.3) is 0 Å². The first kappa shape index (κ1) is 16.4. The first-order valence-electron chi connectivity index (χ1n) is 7.93. The number of nitrogens with one attached hydrogen (secondary N) is 2. The molecule has 0 saturated heterocycles. The van der Waals surface area contributed by atoms with Gasteiger partial charge in [-0.1, -0.05) is 24.9 Å². The highest BCUT2D eigenvalue weighted by molar-refractivity contribution is 6.30. The van der Waals surface area contributed by atoms with E-state index < -0.39 is 0 Å². The highest BCUT2D eigenvalue weighted by Crippen LogP contribution is 2.26. The average molecular weight is 343 g/mol. The number of nitrogens with zero attached hydrogens (tertiary/aromatic N) is 4. The van der Waals surface area contributed by atoms with E-state index in [1.54, 1.807) is 12.4 Å². The van der Waals surface area contributed by atoms with Gasteiger partial charge in [-0.3, -0.25) is 0 Å². The number of rotatable bonds is 6. The maximum atomic E-state index is 6.03. The SMILES string of the molecule is CCCCNc1nc(Nc2ccc(Cl)cc2C)c2nccnc2n1. The Bertz CT molecular complexity index is 852. The molecule has 24 heavy (non-hydrogen) atoms. The van der Waals surface area contributed by atoms with Gasteiger partial charge >= 0.3 is 0 Å². The summed E-state index contributed by atoms with van der Waals surface area (Å²) in [6.45, 7) is 4.95. The number of halogens is 1. The molecule has 0 radical (unpaired) electrons. The van der Waals surface area contributed by atoms with Crippen LogP contribution in [0.3, 0.4) is 0 Å². The number of fused-ring (bicyclic) bond motifs is 1. The van der Waals surface area contributed by atoms with E-state index in [0.29, 0.717) is 28.0 Å². The van der Waals surface area contributed by atoms with Gasteiger partial charge in [-0.2, -0.15) is 9.97 Å². The molecule has 0 aliphatic carbocycles. The number of unbranched alkanes of at least 4 members (excludes halogenated alkanes) is 1. The fourth-order valence-electron chi connectivity index (χ4n) is 2.30. The second-order valence-electron chi connectivity index (χ2n) is 5.49. The molecule has 7 heteroatoms. The molecule has 6 nitrogen and oxygen atoms in total. The summed E-state index contributed by atoms with van der Waals surface area (Å²) < 4.78 is 0. The normalized spacial score (nSPS) is 10.8. The molecule has 0 aliphatic rings. The van der Waals surface area contributed by atoms with E-state index in [9.17, 15) is 0 Å². The van der Waals surface area contributed by atoms with Gasteiger partial charge in [0, 0.05) is 29.6 Å². The van der Waals surface area contributed by atoms with Gasteiger partial charge in [-0.05, 0) is 37.1 Å². The Balaban J connectivity index is 1.98. The first-order chi connectivity index (χ1) is 11.7. The highest BCUT2D eigenvalue weighted by atomic mass is 35.5. The van der Waals surface area contributed by atoms with Crippen molar-refractivity contribution in [2.75, 3.05) is 17.2 Å². The van der Waals surface area contributed by atoms with Gasteiger partial charge in [0.05, 0.1) is 0 Å². The predicted molar refractivity (Wildman–Crippen MR) is 98.0 cm³/mol. The van der Waals surface area contributed by atoms with Crippen LogP contribution in [0.5, 0.6) is 0 Å². The zero-order valence-electron chi connectivity index (χ0n) is 13.7. The van der Waals surface area contributed by atoms with E-state index in [2.05, 4.69) is 37.5 Å². The molecular formula is C17H19ClN6. The minimum absolute atomic E-state index is 0.547. The lowest BCUT2D eigenvalue weighted by atomic mass is 10.2. The Morgan fingerprint density at radius 3 is 2.75 bits per heavy atom. The van der Waals surface area contributed by atoms with Crippen molar-refractivity contribution in [3.8, 4) is 0 Å². The molecule has 0 fully saturated rings. The molecule has 2 N–H and O–H groups in total. The van der Waals surface area contributed by atoms with Crippen molar-refractivity contribution < 1.29 is 0 Å². The minimum atomic E-state index is 0.547. The largest absolute Gasteiger partial charge is 0.354 e. The number of benzene rings is 1. The minimum Gasteiger partial charge on any atom is -0.354 e. The van der Waals surface area contributed by atoms with Crippen LogP contribution in [-0.4, -0.2) is 26.5 Å². The number of anilines is 3. The Labute approximate surface area is 145 Å². The highest BCUT2D eigenvalue weighted by Gasteiger charge is 2.11. The van der Waals surface area contributed by atoms with Gasteiger partial charge in [0.1, 0.15) is 0 Å². The third-order valence-electron chi connectivity index (χ3n) is 3.59. The Kier molecular flexibility index (Phi) is 5.05. The molecule has 0 bridgehead atoms. The summed E-state index contributed by atoms with van der Waals surface area (Å²) in [6.07, 6.45) is 5.43. The van der Waals surface area contributed by atoms with Gasteiger partial charge in [-0.25, -0.2) is 9.97 Å². The second kappa shape index (κ2) is 7.40. The van der Waals surface area contributed by atoms with Crippen molar-refractivity contribution >= 4 is 40.2 Å². The standard InChI is InChI=1S/C17H19ClN6/c1-3-4-7-21-17-23-15-14(19-8-9-20-15)16(24-17)22-13-6-5-12(18)10-11(13)2/h5-6,8-10H,3-4,7H2,1-2H3,(H2,20,21,22,23,24). The second-order valence-corrected chi connectivity index (χ2v) is 5.93. The molecule has 0 unspecified atom stereocenters. The third kappa shape index (κ3) is 3.71. The molecule has 124 valence electrons. The van der Waals surface area contributed by atoms with Crippen molar-refractivity contribution in [3.63, 3.8) is 0 Å². The van der Waals surface area contributed by atoms with Crippen LogP contribution in [0.4, 0.5) is 17.5 Å². The van der Waals surface area contributed by atoms with Crippen molar-refractivity contribution in [2.24, 2.45) is 0 Å². The summed E-state index contributed by atoms with van der Waals surface area (Å²) in [6, 6.07) is 5.66. The quantitative estimate of drug-likeness (QED) is 0.649. The number of hydrogen-bond donors (Lipinski definition) is 2. The molecule has 0 amide bonds. The lowest BCUT2D eigenvalue weighted by molar-refractivity contribution is 0.827. The predicted octanol–water partition coefficient (Wildman–Crippen LogP) is 4.34. The van der Waals surface area contributed by atoms with Crippen LogP contribution < -0.4 is 10.6 Å². The maximum Gasteiger partial charge on any atom is 0.226 e. The summed E-state index contributed by atoms with van der Waals surface area (Å²) in [5, 5.41) is 7.26. The molecule has 2 aromatic heterocycles. The molecule has 3 rings (SSSR count). The van der Waals surface area contributed by atoms with Crippen LogP contribution >= 0.6 is 11.6 Å². The number of aryl methyl sites for hydroxylation is 1. The summed E-state index contributed by atoms with van der Waals surface area (Å²) in [5.74, 6) is 1.17. The van der Waals surface area contributed by atoms with Gasteiger partial charge in [-0.15, -0.1) is 0 Å². The molecule has 3 aromatic rings. The van der Waals surface area contributed by atoms with Gasteiger partial charge < -0.3 is 10.6 Å². The van der Waals surface area contributed by atoms with Crippen LogP contribution in [0.1, 0.15) is 25.3 Å². The zero-order chi connectivity index (χ0) is 16.9. The smallest absolute Gasteiger partial charge is 0.226 e. The van der Waals surface area contributed by atoms with Crippen molar-refractivity contribution in [1.29, 1.82) is 0 Å². The maximum absolute atomic E-state index is 6.03. The Morgan fingerprint density at radius 2 is 1.96 bits per heavy atom. The van der Waals surface area contributed by atoms with Crippen molar-refractivity contribution in [1.82, 2.24) is 19.9 Å². The molecule has 0 aliphatic heterocycles. The van der Waals surface area contributed by atoms with Crippen LogP contribution in [-0.2, 0) is 0 Å². The summed E-state index contributed by atoms with van der Waals surface area (Å²) in [7, 11) is 0. The number of hydrogen-bond acceptors (Lipinski definition) is 6. The van der Waals surface area contributed by atoms with Crippen LogP contribution in [0.15, 0.2) is 30.6 Å². The Hall–Kier alpha value is -2.47. The molecule has 2 heterocycles. The fourth-order valence-corrected chi connectivity index (χ4v) is 2.53. The zero-order valence-corrected chi connectivity index (χ0v) is 14.4. The van der Waals surface area contributed by atoms with E-state index in [1.807, 2.05) is 25.1 Å². The van der Waals surface area contributed by atoms with Gasteiger partial charge in [0.2, 0.25) is 5.95 Å². The van der Waals surface area contributed by atoms with E-state index >= 15 is 0 Å². The molecule has 1 aromatic carbocycles. The summed E-state index contributed by atoms with van der Waals surface area (Å²) in [5.41, 5.74) is 3.14. The van der Waals surface area contributed by atoms with Gasteiger partial charge in [0.15, 0.2) is 17.0 Å². The summed E-state index contributed by atoms with van der Waals surface area (Å²) >= 11 is 6.03. The van der Waals surface area contributed by atoms with E-state index in [4.69, 9.17) is 11.6 Å². The van der Waals surface area contributed by atoms with Crippen LogP contribution in [0.25, 0.3) is 11.2 Å². The van der Waals surface area contributed by atoms with Crippen molar-refractivity contribution in [2.45, 2.75) is 26.7 Å². The topological polar surface area (TPSA) is 75.6 Å². The monoisotopic (exact) mass is 342 g/mol. The first-order valence-corrected chi connectivity index (χ1v) is 8.31. The fraction of sp³-hybridized carbons (Fsp3) is 0.294. The van der Waals surface area contributed by atoms with E-state index in [-0.39, 0.29) is 0 Å². The number of aromatic nitrogens is 4. The Morgan fingerprint density at radius 1 is 1.12 bits per heavy atom.